The number of aryl methyl sites for hydroxylation is 1. The quantitative estimate of drug-likeness (QED) is 0.417. The molecule has 1 amide bonds. The fourth-order valence-corrected chi connectivity index (χ4v) is 8.56. The van der Waals surface area contributed by atoms with Crippen LogP contribution in [-0.4, -0.2) is 39.5 Å². The van der Waals surface area contributed by atoms with Crippen molar-refractivity contribution in [1.82, 2.24) is 5.32 Å². The molecule has 2 aliphatic rings. The van der Waals surface area contributed by atoms with Gasteiger partial charge in [-0.2, -0.15) is 0 Å². The zero-order valence-corrected chi connectivity index (χ0v) is 24.4. The van der Waals surface area contributed by atoms with Crippen molar-refractivity contribution in [3.05, 3.63) is 75.7 Å². The average Bonchev–Trinajstić information content (AvgIpc) is 3.25. The highest BCUT2D eigenvalue weighted by atomic mass is 32.2. The number of ether oxygens (including phenoxy) is 1. The minimum atomic E-state index is -3.79. The molecule has 1 aromatic heterocycles. The van der Waals surface area contributed by atoms with Crippen molar-refractivity contribution in [3.8, 4) is 0 Å². The van der Waals surface area contributed by atoms with Gasteiger partial charge in [-0.1, -0.05) is 18.2 Å². The van der Waals surface area contributed by atoms with E-state index >= 15 is 0 Å². The fraction of sp³-hybridized carbons (Fsp3) is 0.379. The topological polar surface area (TPSA) is 105 Å². The first-order chi connectivity index (χ1) is 18.3. The Balaban J connectivity index is 1.43. The van der Waals surface area contributed by atoms with Crippen LogP contribution in [0.3, 0.4) is 0 Å². The molecule has 8 nitrogen and oxygen atoms in total. The highest BCUT2D eigenvalue weighted by Gasteiger charge is 2.42. The molecule has 39 heavy (non-hydrogen) atoms. The summed E-state index contributed by atoms with van der Waals surface area (Å²) < 4.78 is 33.5. The van der Waals surface area contributed by atoms with Crippen molar-refractivity contribution in [3.63, 3.8) is 0 Å². The van der Waals surface area contributed by atoms with Gasteiger partial charge in [0.25, 0.3) is 15.9 Å². The van der Waals surface area contributed by atoms with E-state index in [1.807, 2.05) is 24.3 Å². The zero-order valence-electron chi connectivity index (χ0n) is 22.8. The summed E-state index contributed by atoms with van der Waals surface area (Å²) in [5, 5.41) is 6.92. The SMILES string of the molecule is COC(=O)c1c(NC(=O)c2ccc(S(=O)(=O)N3CCCc4ccccc43)cc2)sc2c1CC(C)(C)NC2(C)C. The molecule has 3 aromatic rings. The monoisotopic (exact) mass is 567 g/mol. The molecule has 2 aromatic carbocycles. The van der Waals surface area contributed by atoms with Crippen LogP contribution in [0.1, 0.15) is 70.8 Å². The molecule has 0 fully saturated rings. The number of rotatable bonds is 5. The summed E-state index contributed by atoms with van der Waals surface area (Å²) in [5.41, 5.74) is 2.57. The number of thiophene rings is 1. The number of nitrogens with one attached hydrogen (secondary N) is 2. The largest absolute Gasteiger partial charge is 0.465 e. The van der Waals surface area contributed by atoms with Gasteiger partial charge in [0.05, 0.1) is 23.3 Å². The lowest BCUT2D eigenvalue weighted by Crippen LogP contribution is -2.55. The molecule has 2 aliphatic heterocycles. The molecule has 0 saturated carbocycles. The second-order valence-corrected chi connectivity index (χ2v) is 14.1. The van der Waals surface area contributed by atoms with Crippen molar-refractivity contribution >= 4 is 43.9 Å². The summed E-state index contributed by atoms with van der Waals surface area (Å²) in [6.07, 6.45) is 2.19. The van der Waals surface area contributed by atoms with Crippen LogP contribution in [0.5, 0.6) is 0 Å². The first kappa shape index (κ1) is 27.4. The van der Waals surface area contributed by atoms with Crippen molar-refractivity contribution in [2.24, 2.45) is 0 Å². The van der Waals surface area contributed by atoms with E-state index in [0.29, 0.717) is 29.2 Å². The number of hydrogen-bond donors (Lipinski definition) is 2. The van der Waals surface area contributed by atoms with Gasteiger partial charge in [0.2, 0.25) is 0 Å². The number of sulfonamides is 1. The maximum absolute atomic E-state index is 13.5. The molecule has 0 spiro atoms. The molecule has 2 N–H and O–H groups in total. The maximum Gasteiger partial charge on any atom is 0.341 e. The van der Waals surface area contributed by atoms with E-state index in [0.717, 1.165) is 28.8 Å². The fourth-order valence-electron chi connectivity index (χ4n) is 5.76. The van der Waals surface area contributed by atoms with Crippen LogP contribution < -0.4 is 14.9 Å². The molecule has 206 valence electrons. The molecule has 3 heterocycles. The van der Waals surface area contributed by atoms with E-state index in [-0.39, 0.29) is 16.0 Å². The normalized spacial score (nSPS) is 17.6. The van der Waals surface area contributed by atoms with Crippen molar-refractivity contribution < 1.29 is 22.7 Å². The molecule has 0 atom stereocenters. The van der Waals surface area contributed by atoms with Gasteiger partial charge in [-0.15, -0.1) is 11.3 Å². The molecule has 5 rings (SSSR count). The van der Waals surface area contributed by atoms with E-state index < -0.39 is 27.4 Å². The molecule has 0 unspecified atom stereocenters. The maximum atomic E-state index is 13.5. The number of amides is 1. The van der Waals surface area contributed by atoms with Crippen molar-refractivity contribution in [2.75, 3.05) is 23.3 Å². The highest BCUT2D eigenvalue weighted by molar-refractivity contribution is 7.92. The number of fused-ring (bicyclic) bond motifs is 2. The molecule has 10 heteroatoms. The van der Waals surface area contributed by atoms with Crippen LogP contribution in [0.2, 0.25) is 0 Å². The standard InChI is InChI=1S/C29H33N3O5S2/c1-28(2)17-21-23(27(34)37-5)26(38-24(21)29(3,4)31-28)30-25(33)19-12-14-20(15-13-19)39(35,36)32-16-8-10-18-9-6-7-11-22(18)32/h6-7,9,11-15,31H,8,10,16-17H2,1-5H3,(H,30,33). The van der Waals surface area contributed by atoms with Gasteiger partial charge in [-0.05, 0) is 88.4 Å². The van der Waals surface area contributed by atoms with Gasteiger partial charge in [-0.25, -0.2) is 13.2 Å². The number of benzene rings is 2. The third-order valence-electron chi connectivity index (χ3n) is 7.23. The predicted octanol–water partition coefficient (Wildman–Crippen LogP) is 5.09. The minimum Gasteiger partial charge on any atom is -0.465 e. The van der Waals surface area contributed by atoms with Crippen molar-refractivity contribution in [2.45, 2.75) is 62.9 Å². The second-order valence-electron chi connectivity index (χ2n) is 11.2. The lowest BCUT2D eigenvalue weighted by atomic mass is 9.81. The van der Waals surface area contributed by atoms with Gasteiger partial charge in [0.1, 0.15) is 5.00 Å². The third kappa shape index (κ3) is 4.97. The lowest BCUT2D eigenvalue weighted by molar-refractivity contribution is 0.0600. The van der Waals surface area contributed by atoms with Gasteiger partial charge in [0, 0.05) is 28.1 Å². The van der Waals surface area contributed by atoms with Crippen molar-refractivity contribution in [1.29, 1.82) is 0 Å². The number of carbonyl (C=O) groups is 2. The molecular weight excluding hydrogens is 534 g/mol. The van der Waals surface area contributed by atoms with Crippen LogP contribution >= 0.6 is 11.3 Å². The van der Waals surface area contributed by atoms with E-state index in [2.05, 4.69) is 38.3 Å². The highest BCUT2D eigenvalue weighted by Crippen LogP contribution is 2.45. The van der Waals surface area contributed by atoms with Crippen LogP contribution in [-0.2, 0) is 33.1 Å². The van der Waals surface area contributed by atoms with Gasteiger partial charge >= 0.3 is 5.97 Å². The molecule has 0 aliphatic carbocycles. The Kier molecular flexibility index (Phi) is 6.85. The summed E-state index contributed by atoms with van der Waals surface area (Å²) in [6, 6.07) is 13.4. The number of hydrogen-bond acceptors (Lipinski definition) is 7. The Bertz CT molecular complexity index is 1560. The average molecular weight is 568 g/mol. The van der Waals surface area contributed by atoms with Crippen LogP contribution in [0, 0.1) is 0 Å². The van der Waals surface area contributed by atoms with Gasteiger partial charge in [0.15, 0.2) is 0 Å². The minimum absolute atomic E-state index is 0.118. The summed E-state index contributed by atoms with van der Waals surface area (Å²) in [4.78, 5) is 27.2. The summed E-state index contributed by atoms with van der Waals surface area (Å²) in [5.74, 6) is -0.935. The van der Waals surface area contributed by atoms with E-state index in [4.69, 9.17) is 4.74 Å². The lowest BCUT2D eigenvalue weighted by Gasteiger charge is -2.42. The Morgan fingerprint density at radius 1 is 1.05 bits per heavy atom. The van der Waals surface area contributed by atoms with Crippen LogP contribution in [0.4, 0.5) is 10.7 Å². The Morgan fingerprint density at radius 3 is 2.44 bits per heavy atom. The van der Waals surface area contributed by atoms with E-state index in [1.165, 1.54) is 47.0 Å². The first-order valence-corrected chi connectivity index (χ1v) is 15.2. The summed E-state index contributed by atoms with van der Waals surface area (Å²) in [6.45, 7) is 8.66. The third-order valence-corrected chi connectivity index (χ3v) is 10.5. The van der Waals surface area contributed by atoms with Gasteiger partial charge < -0.3 is 15.4 Å². The summed E-state index contributed by atoms with van der Waals surface area (Å²) in [7, 11) is -2.46. The van der Waals surface area contributed by atoms with E-state index in [9.17, 15) is 18.0 Å². The molecule has 0 saturated heterocycles. The first-order valence-electron chi connectivity index (χ1n) is 12.9. The molecular formula is C29H33N3O5S2. The number of para-hydroxylation sites is 1. The Hall–Kier alpha value is -3.21. The molecule has 0 radical (unpaired) electrons. The number of anilines is 2. The Labute approximate surface area is 233 Å². The van der Waals surface area contributed by atoms with Gasteiger partial charge in [-0.3, -0.25) is 9.10 Å². The number of methoxy groups -OCH3 is 1. The molecule has 0 bridgehead atoms. The van der Waals surface area contributed by atoms with Crippen LogP contribution in [0.15, 0.2) is 53.4 Å². The van der Waals surface area contributed by atoms with E-state index in [1.54, 1.807) is 0 Å². The number of carbonyl (C=O) groups excluding carboxylic acids is 2. The summed E-state index contributed by atoms with van der Waals surface area (Å²) >= 11 is 1.36. The smallest absolute Gasteiger partial charge is 0.341 e. The predicted molar refractivity (Wildman–Crippen MR) is 153 cm³/mol. The second kappa shape index (κ2) is 9.76. The number of esters is 1. The zero-order chi connectivity index (χ0) is 28.2. The van der Waals surface area contributed by atoms with Crippen LogP contribution in [0.25, 0.3) is 0 Å². The Morgan fingerprint density at radius 2 is 1.74 bits per heavy atom. The number of nitrogens with zero attached hydrogens (tertiary/aromatic N) is 1.